The number of hydrogen-bond donors (Lipinski definition) is 2. The average molecular weight is 298 g/mol. The lowest BCUT2D eigenvalue weighted by Crippen LogP contribution is -2.30. The van der Waals surface area contributed by atoms with E-state index in [0.717, 1.165) is 5.56 Å². The van der Waals surface area contributed by atoms with Crippen molar-refractivity contribution in [2.75, 3.05) is 6.54 Å². The van der Waals surface area contributed by atoms with Gasteiger partial charge in [0.2, 0.25) is 5.91 Å². The van der Waals surface area contributed by atoms with Gasteiger partial charge in [-0.25, -0.2) is 5.48 Å². The van der Waals surface area contributed by atoms with Crippen LogP contribution in [0.25, 0.3) is 0 Å². The van der Waals surface area contributed by atoms with E-state index in [4.69, 9.17) is 4.84 Å². The molecule has 0 radical (unpaired) electrons. The number of carbonyl (C=O) groups excluding carboxylic acids is 2. The fourth-order valence-corrected chi connectivity index (χ4v) is 1.81. The van der Waals surface area contributed by atoms with Crippen molar-refractivity contribution in [2.24, 2.45) is 0 Å². The molecule has 114 valence electrons. The second-order valence-electron chi connectivity index (χ2n) is 4.67. The van der Waals surface area contributed by atoms with E-state index in [2.05, 4.69) is 10.8 Å². The first kappa shape index (κ1) is 15.7. The van der Waals surface area contributed by atoms with E-state index in [0.29, 0.717) is 12.2 Å². The third kappa shape index (κ3) is 5.38. The van der Waals surface area contributed by atoms with Gasteiger partial charge in [-0.2, -0.15) is 0 Å². The van der Waals surface area contributed by atoms with Crippen LogP contribution in [-0.2, 0) is 16.2 Å². The molecule has 0 saturated heterocycles. The van der Waals surface area contributed by atoms with Crippen molar-refractivity contribution in [3.63, 3.8) is 0 Å². The van der Waals surface area contributed by atoms with Crippen LogP contribution >= 0.6 is 0 Å². The van der Waals surface area contributed by atoms with Gasteiger partial charge in [0.25, 0.3) is 5.91 Å². The molecule has 0 saturated carbocycles. The van der Waals surface area contributed by atoms with Crippen LogP contribution in [-0.4, -0.2) is 18.4 Å². The number of rotatable bonds is 7. The summed E-state index contributed by atoms with van der Waals surface area (Å²) in [5, 5.41) is 2.68. The maximum Gasteiger partial charge on any atom is 0.251 e. The van der Waals surface area contributed by atoms with Crippen LogP contribution in [0.3, 0.4) is 0 Å². The van der Waals surface area contributed by atoms with Crippen molar-refractivity contribution in [3.05, 3.63) is 71.8 Å². The predicted octanol–water partition coefficient (Wildman–Crippen LogP) is 2.05. The second kappa shape index (κ2) is 8.59. The normalized spacial score (nSPS) is 10.0. The topological polar surface area (TPSA) is 67.4 Å². The molecular weight excluding hydrogens is 280 g/mol. The molecule has 5 nitrogen and oxygen atoms in total. The Morgan fingerprint density at radius 3 is 2.23 bits per heavy atom. The Labute approximate surface area is 129 Å². The summed E-state index contributed by atoms with van der Waals surface area (Å²) in [4.78, 5) is 28.4. The molecule has 0 fully saturated rings. The molecule has 0 aliphatic carbocycles. The zero-order chi connectivity index (χ0) is 15.6. The summed E-state index contributed by atoms with van der Waals surface area (Å²) in [6.45, 7) is 0.567. The molecule has 0 bridgehead atoms. The Bertz CT molecular complexity index is 600. The molecule has 0 aliphatic heterocycles. The van der Waals surface area contributed by atoms with Crippen molar-refractivity contribution < 1.29 is 14.4 Å². The quantitative estimate of drug-likeness (QED) is 0.769. The summed E-state index contributed by atoms with van der Waals surface area (Å²) < 4.78 is 0. The molecule has 0 aliphatic rings. The summed E-state index contributed by atoms with van der Waals surface area (Å²) in [5.74, 6) is -0.470. The van der Waals surface area contributed by atoms with E-state index >= 15 is 0 Å². The molecule has 0 aromatic heterocycles. The first-order chi connectivity index (χ1) is 10.8. The number of carbonyl (C=O) groups is 2. The van der Waals surface area contributed by atoms with E-state index in [1.165, 1.54) is 0 Å². The fourth-order valence-electron chi connectivity index (χ4n) is 1.81. The molecule has 2 N–H and O–H groups in total. The van der Waals surface area contributed by atoms with Crippen molar-refractivity contribution in [3.8, 4) is 0 Å². The summed E-state index contributed by atoms with van der Waals surface area (Å²) in [6, 6.07) is 18.4. The smallest absolute Gasteiger partial charge is 0.251 e. The Hall–Kier alpha value is -2.66. The Morgan fingerprint density at radius 2 is 1.55 bits per heavy atom. The molecule has 0 spiro atoms. The van der Waals surface area contributed by atoms with Crippen LogP contribution in [0.2, 0.25) is 0 Å². The van der Waals surface area contributed by atoms with Crippen LogP contribution in [0, 0.1) is 0 Å². The van der Waals surface area contributed by atoms with Crippen LogP contribution in [0.1, 0.15) is 22.3 Å². The van der Waals surface area contributed by atoms with Gasteiger partial charge in [-0.1, -0.05) is 48.5 Å². The number of amides is 2. The largest absolute Gasteiger partial charge is 0.352 e. The highest BCUT2D eigenvalue weighted by molar-refractivity contribution is 5.94. The standard InChI is InChI=1S/C17H18N2O3/c20-16(19-22-13-14-7-3-1-4-8-14)11-12-18-17(21)15-9-5-2-6-10-15/h1-10H,11-13H2,(H,18,21)(H,19,20). The van der Waals surface area contributed by atoms with Gasteiger partial charge in [-0.15, -0.1) is 0 Å². The zero-order valence-electron chi connectivity index (χ0n) is 12.1. The number of hydroxylamine groups is 1. The maximum atomic E-state index is 11.8. The van der Waals surface area contributed by atoms with Crippen molar-refractivity contribution >= 4 is 11.8 Å². The summed E-state index contributed by atoms with van der Waals surface area (Å²) >= 11 is 0. The SMILES string of the molecule is O=C(CCNC(=O)c1ccccc1)NOCc1ccccc1. The molecule has 0 atom stereocenters. The molecule has 0 unspecified atom stereocenters. The van der Waals surface area contributed by atoms with E-state index in [-0.39, 0.29) is 24.8 Å². The third-order valence-corrected chi connectivity index (χ3v) is 2.94. The number of nitrogens with one attached hydrogen (secondary N) is 2. The van der Waals surface area contributed by atoms with Crippen LogP contribution in [0.5, 0.6) is 0 Å². The Morgan fingerprint density at radius 1 is 0.909 bits per heavy atom. The highest BCUT2D eigenvalue weighted by atomic mass is 16.6. The third-order valence-electron chi connectivity index (χ3n) is 2.94. The monoisotopic (exact) mass is 298 g/mol. The van der Waals surface area contributed by atoms with E-state index in [1.54, 1.807) is 24.3 Å². The van der Waals surface area contributed by atoms with Crippen molar-refractivity contribution in [1.82, 2.24) is 10.8 Å². The van der Waals surface area contributed by atoms with E-state index in [9.17, 15) is 9.59 Å². The minimum atomic E-state index is -0.274. The van der Waals surface area contributed by atoms with Crippen LogP contribution < -0.4 is 10.8 Å². The summed E-state index contributed by atoms with van der Waals surface area (Å²) in [5.41, 5.74) is 3.90. The zero-order valence-corrected chi connectivity index (χ0v) is 12.1. The lowest BCUT2D eigenvalue weighted by Gasteiger charge is -2.07. The molecule has 2 amide bonds. The first-order valence-electron chi connectivity index (χ1n) is 7.03. The Balaban J connectivity index is 1.61. The fraction of sp³-hybridized carbons (Fsp3) is 0.176. The minimum absolute atomic E-state index is 0.160. The van der Waals surface area contributed by atoms with E-state index in [1.807, 2.05) is 36.4 Å². The molecule has 5 heteroatoms. The predicted molar refractivity (Wildman–Crippen MR) is 82.8 cm³/mol. The molecule has 2 aromatic rings. The molecule has 2 aromatic carbocycles. The van der Waals surface area contributed by atoms with Gasteiger partial charge in [0, 0.05) is 18.5 Å². The van der Waals surface area contributed by atoms with Crippen LogP contribution in [0.4, 0.5) is 0 Å². The first-order valence-corrected chi connectivity index (χ1v) is 7.03. The highest BCUT2D eigenvalue weighted by Gasteiger charge is 2.06. The summed E-state index contributed by atoms with van der Waals surface area (Å²) in [7, 11) is 0. The van der Waals surface area contributed by atoms with Gasteiger partial charge in [0.15, 0.2) is 0 Å². The van der Waals surface area contributed by atoms with Gasteiger partial charge in [0.1, 0.15) is 0 Å². The van der Waals surface area contributed by atoms with Crippen molar-refractivity contribution in [2.45, 2.75) is 13.0 Å². The second-order valence-corrected chi connectivity index (χ2v) is 4.67. The van der Waals surface area contributed by atoms with E-state index < -0.39 is 0 Å². The average Bonchev–Trinajstić information content (AvgIpc) is 2.56. The van der Waals surface area contributed by atoms with Gasteiger partial charge >= 0.3 is 0 Å². The molecule has 0 heterocycles. The summed E-state index contributed by atoms with van der Waals surface area (Å²) in [6.07, 6.45) is 0.160. The lowest BCUT2D eigenvalue weighted by molar-refractivity contribution is -0.134. The Kier molecular flexibility index (Phi) is 6.14. The number of benzene rings is 2. The highest BCUT2D eigenvalue weighted by Crippen LogP contribution is 1.99. The molecule has 2 rings (SSSR count). The van der Waals surface area contributed by atoms with Gasteiger partial charge < -0.3 is 5.32 Å². The van der Waals surface area contributed by atoms with Crippen LogP contribution in [0.15, 0.2) is 60.7 Å². The van der Waals surface area contributed by atoms with Gasteiger partial charge in [-0.05, 0) is 17.7 Å². The number of hydrogen-bond acceptors (Lipinski definition) is 3. The lowest BCUT2D eigenvalue weighted by atomic mass is 10.2. The van der Waals surface area contributed by atoms with Gasteiger partial charge in [-0.3, -0.25) is 14.4 Å². The molecular formula is C17H18N2O3. The minimum Gasteiger partial charge on any atom is -0.352 e. The molecule has 22 heavy (non-hydrogen) atoms. The van der Waals surface area contributed by atoms with Gasteiger partial charge in [0.05, 0.1) is 6.61 Å². The maximum absolute atomic E-state index is 11.8. The van der Waals surface area contributed by atoms with Crippen molar-refractivity contribution in [1.29, 1.82) is 0 Å².